The fourth-order valence-electron chi connectivity index (χ4n) is 11.5. The second-order valence-corrected chi connectivity index (χ2v) is 22.1. The normalized spacial score (nSPS) is 49.3. The van der Waals surface area contributed by atoms with Gasteiger partial charge in [-0.3, -0.25) is 14.9 Å². The van der Waals surface area contributed by atoms with E-state index in [9.17, 15) is 122 Å². The van der Waals surface area contributed by atoms with Crippen LogP contribution in [0.4, 0.5) is 5.69 Å². The number of carbonyl (C=O) groups is 1. The Morgan fingerprint density at radius 1 is 0.360 bits per heavy atom. The predicted octanol–water partition coefficient (Wildman–Crippen LogP) is -14.2. The van der Waals surface area contributed by atoms with Crippen molar-refractivity contribution in [1.29, 1.82) is 0 Å². The number of aliphatic hydroxyl groups excluding tert-OH is 20. The molecule has 0 spiro atoms. The second kappa shape index (κ2) is 29.4. The first-order valence-electron chi connectivity index (χ1n) is 27.9. The lowest BCUT2D eigenvalue weighted by Gasteiger charge is -2.50. The van der Waals surface area contributed by atoms with E-state index in [0.29, 0.717) is 6.07 Å². The number of nitrogens with one attached hydrogen (secondary N) is 1. The average molecular weight is 1300 g/mol. The predicted molar refractivity (Wildman–Crippen MR) is 268 cm³/mol. The van der Waals surface area contributed by atoms with Gasteiger partial charge in [-0.05, 0) is 6.07 Å². The summed E-state index contributed by atoms with van der Waals surface area (Å²) in [5.74, 6) is -2.00. The zero-order chi connectivity index (χ0) is 64.8. The molecule has 0 aromatic heterocycles. The van der Waals surface area contributed by atoms with Crippen molar-refractivity contribution in [3.8, 4) is 5.75 Å². The molecule has 40 nitrogen and oxygen atoms in total. The van der Waals surface area contributed by atoms with Gasteiger partial charge in [-0.25, -0.2) is 0 Å². The van der Waals surface area contributed by atoms with E-state index >= 15 is 0 Å². The van der Waals surface area contributed by atoms with Gasteiger partial charge in [0.15, 0.2) is 44.0 Å². The van der Waals surface area contributed by atoms with Crippen LogP contribution in [0.3, 0.4) is 0 Å². The SMILES string of the molecule is O=C(NC[C@@H]1O[C@@H]2O[C@H]3[C@@H](O)[C@H](O)[C@@H](O[C@H]4[C@H](O)[C@H](O)[C@@H](O[C@H]5[C@H](O)[C@@H](O)[C@@H](O[C@H]6[C@H](O)[C@@H](O)[C@@H](O[C@H]7[C@H](O)[C@@H](O)[C@@H](O[C@H]8[C@H](O)[C@@H](O)[C@@H](O[C@H]1[C@H](O)[C@H]2O)O[C@H]8CO)O[C@H]7CO)O[C@H]6CO)O[C@@H]5CO)O[C@@H]4CO)O[C@@H]3CO)c1cc([N+](=O)[O-])ccc1O. The second-order valence-electron chi connectivity index (χ2n) is 22.1. The van der Waals surface area contributed by atoms with Crippen LogP contribution < -0.4 is 5.32 Å². The van der Waals surface area contributed by atoms with Gasteiger partial charge in [-0.15, -0.1) is 0 Å². The van der Waals surface area contributed by atoms with Crippen molar-refractivity contribution in [3.05, 3.63) is 33.9 Å². The Hall–Kier alpha value is -3.47. The number of carbonyl (C=O) groups excluding carboxylic acids is 1. The summed E-state index contributed by atoms with van der Waals surface area (Å²) in [6.07, 6.45) is -73.5. The molecular weight excluding hydrogens is 1220 g/mol. The fraction of sp³-hybridized carbons (Fsp3) is 0.857. The minimum Gasteiger partial charge on any atom is -0.507 e. The molecule has 21 heterocycles. The smallest absolute Gasteiger partial charge is 0.270 e. The first-order chi connectivity index (χ1) is 42.3. The molecule has 0 unspecified atom stereocenters. The number of phenolic OH excluding ortho intramolecular Hbond substituents is 1. The molecule has 1 amide bonds. The fourth-order valence-corrected chi connectivity index (χ4v) is 11.5. The van der Waals surface area contributed by atoms with Gasteiger partial charge >= 0.3 is 0 Å². The standard InChI is InChI=1S/C49H74N2O38/c52-5-15-36-23(61)30(68)45(78-15)86-38-17(7-54)80-47(32(70)25(38)63)88-40-19(9-56)82-49(34(72)27(40)65)89-41-20(10-57)81-48(33(71)26(41)64)87-39-18(8-55)79-46(31(69)24(39)62)85-37-16(6-53)77-44(29(67)22(37)60)83-35-14(76-43(84-36)28(66)21(35)59)4-50-42(73)12-3-11(51(74)75)1-2-13(12)58/h1-3,14-41,43-49,52-72H,4-10H2,(H,50,73)/t14-,15+,16-,17+,18-,19+,20-,21+,22+,23-,24+,25+,26+,27+,28+,29+,30-,31+,32-,33+,34+,35+,36+,37+,38+,39+,40+,41+,43+,44+,45+,46+,47+,48+,49+/m0/s1. The molecule has 21 aliphatic heterocycles. The van der Waals surface area contributed by atoms with Crippen molar-refractivity contribution in [1.82, 2.24) is 5.32 Å². The number of nitrogens with zero attached hydrogens (tertiary/aromatic N) is 1. The van der Waals surface area contributed by atoms with E-state index in [4.69, 9.17) is 66.3 Å². The Balaban J connectivity index is 1.03. The third kappa shape index (κ3) is 14.0. The summed E-state index contributed by atoms with van der Waals surface area (Å²) >= 11 is 0. The van der Waals surface area contributed by atoms with Gasteiger partial charge in [-0.1, -0.05) is 0 Å². The number of ether oxygens (including phenoxy) is 14. The number of aromatic hydroxyl groups is 1. The minimum atomic E-state index is -2.37. The molecule has 21 saturated heterocycles. The van der Waals surface area contributed by atoms with Crippen LogP contribution in [0.1, 0.15) is 10.4 Å². The topological polar surface area (TPSA) is 626 Å². The third-order valence-corrected chi connectivity index (χ3v) is 16.5. The lowest BCUT2D eigenvalue weighted by atomic mass is 9.95. The van der Waals surface area contributed by atoms with Gasteiger partial charge in [0.2, 0.25) is 0 Å². The number of rotatable bonds is 10. The van der Waals surface area contributed by atoms with E-state index < -0.39 is 289 Å². The van der Waals surface area contributed by atoms with Crippen LogP contribution in [0.5, 0.6) is 5.75 Å². The summed E-state index contributed by atoms with van der Waals surface area (Å²) in [4.78, 5) is 24.2. The number of non-ortho nitro benzene ring substituents is 1. The highest BCUT2D eigenvalue weighted by atomic mass is 16.8. The largest absolute Gasteiger partial charge is 0.507 e. The molecule has 21 aliphatic rings. The van der Waals surface area contributed by atoms with Gasteiger partial charge in [0.1, 0.15) is 177 Å². The minimum absolute atomic E-state index is 0.650. The third-order valence-electron chi connectivity index (χ3n) is 16.5. The van der Waals surface area contributed by atoms with Gasteiger partial charge in [0.05, 0.1) is 50.1 Å². The molecule has 21 fully saturated rings. The summed E-state index contributed by atoms with van der Waals surface area (Å²) < 4.78 is 80.5. The van der Waals surface area contributed by atoms with Crippen molar-refractivity contribution in [3.63, 3.8) is 0 Å². The lowest BCUT2D eigenvalue weighted by Crippen LogP contribution is -2.68. The van der Waals surface area contributed by atoms with Gasteiger partial charge < -0.3 is 179 Å². The molecule has 0 aliphatic carbocycles. The van der Waals surface area contributed by atoms with E-state index in [1.165, 1.54) is 0 Å². The quantitative estimate of drug-likeness (QED) is 0.0764. The van der Waals surface area contributed by atoms with E-state index in [0.717, 1.165) is 12.1 Å². The zero-order valence-corrected chi connectivity index (χ0v) is 46.2. The maximum absolute atomic E-state index is 13.5. The Labute approximate surface area is 500 Å². The molecule has 0 saturated carbocycles. The van der Waals surface area contributed by atoms with Crippen molar-refractivity contribution in [2.45, 2.75) is 215 Å². The molecule has 1 aromatic rings. The van der Waals surface area contributed by atoms with Crippen molar-refractivity contribution < 1.29 is 183 Å². The van der Waals surface area contributed by atoms with Crippen molar-refractivity contribution in [2.75, 3.05) is 46.2 Å². The number of benzene rings is 1. The van der Waals surface area contributed by atoms with E-state index in [2.05, 4.69) is 5.32 Å². The van der Waals surface area contributed by atoms with Crippen molar-refractivity contribution >= 4 is 11.6 Å². The highest BCUT2D eigenvalue weighted by Gasteiger charge is 2.60. The molecular formula is C49H74N2O38. The molecule has 14 bridgehead atoms. The van der Waals surface area contributed by atoms with Crippen molar-refractivity contribution in [2.24, 2.45) is 0 Å². The number of hydrogen-bond acceptors (Lipinski definition) is 38. The number of amides is 1. The van der Waals surface area contributed by atoms with Crippen LogP contribution in [0.25, 0.3) is 0 Å². The highest BCUT2D eigenvalue weighted by molar-refractivity contribution is 5.97. The first kappa shape index (κ1) is 69.9. The number of phenols is 1. The van der Waals surface area contributed by atoms with Crippen LogP contribution in [0.15, 0.2) is 18.2 Å². The number of nitro groups is 1. The molecule has 1 aromatic carbocycles. The Kier molecular flexibility index (Phi) is 23.1. The average Bonchev–Trinajstić information content (AvgIpc) is 1.15. The molecule has 89 heavy (non-hydrogen) atoms. The Morgan fingerprint density at radius 2 is 0.573 bits per heavy atom. The van der Waals surface area contributed by atoms with Crippen LogP contribution in [-0.4, -0.2) is 379 Å². The van der Waals surface area contributed by atoms with Gasteiger partial charge in [0, 0.05) is 18.7 Å². The van der Waals surface area contributed by atoms with Crippen LogP contribution in [0, 0.1) is 10.1 Å². The van der Waals surface area contributed by atoms with E-state index in [1.807, 2.05) is 0 Å². The Bertz CT molecular complexity index is 2460. The van der Waals surface area contributed by atoms with Gasteiger partial charge in [0.25, 0.3) is 11.6 Å². The highest BCUT2D eigenvalue weighted by Crippen LogP contribution is 2.39. The monoisotopic (exact) mass is 1300 g/mol. The molecule has 40 heteroatoms. The zero-order valence-electron chi connectivity index (χ0n) is 46.2. The molecule has 0 radical (unpaired) electrons. The molecule has 22 N–H and O–H groups in total. The van der Waals surface area contributed by atoms with E-state index in [-0.39, 0.29) is 0 Å². The lowest BCUT2D eigenvalue weighted by molar-refractivity contribution is -0.396. The first-order valence-corrected chi connectivity index (χ1v) is 27.9. The summed E-state index contributed by atoms with van der Waals surface area (Å²) in [6, 6.07) is 2.39. The number of aliphatic hydroxyl groups is 20. The van der Waals surface area contributed by atoms with Crippen LogP contribution >= 0.6 is 0 Å². The number of nitro benzene ring substituents is 1. The summed E-state index contributed by atoms with van der Waals surface area (Å²) in [6.45, 7) is -7.55. The molecule has 508 valence electrons. The van der Waals surface area contributed by atoms with Crippen LogP contribution in [-0.2, 0) is 66.3 Å². The maximum atomic E-state index is 13.5. The Morgan fingerprint density at radius 3 is 0.787 bits per heavy atom. The summed E-state index contributed by atoms with van der Waals surface area (Å²) in [7, 11) is 0. The summed E-state index contributed by atoms with van der Waals surface area (Å²) in [5, 5.41) is 248. The molecule has 22 rings (SSSR count). The van der Waals surface area contributed by atoms with Crippen LogP contribution in [0.2, 0.25) is 0 Å². The maximum Gasteiger partial charge on any atom is 0.270 e. The van der Waals surface area contributed by atoms with Gasteiger partial charge in [-0.2, -0.15) is 0 Å². The summed E-state index contributed by atoms with van der Waals surface area (Å²) in [5.41, 5.74) is -1.33. The molecule has 35 atom stereocenters. The van der Waals surface area contributed by atoms with E-state index in [1.54, 1.807) is 0 Å². The number of hydrogen-bond donors (Lipinski definition) is 22.